The summed E-state index contributed by atoms with van der Waals surface area (Å²) in [6.07, 6.45) is 0. The topological polar surface area (TPSA) is 9.86 Å². The molecular weight excluding hydrogens is 633 g/mol. The second kappa shape index (κ2) is 10.8. The van der Waals surface area contributed by atoms with Crippen LogP contribution in [-0.4, -0.2) is 17.2 Å². The zero-order valence-corrected chi connectivity index (χ0v) is 28.9. The van der Waals surface area contributed by atoms with Gasteiger partial charge in [0.15, 0.2) is 8.07 Å². The van der Waals surface area contributed by atoms with E-state index in [0.29, 0.717) is 0 Å². The van der Waals surface area contributed by atoms with E-state index in [1.165, 1.54) is 81.2 Å². The molecule has 2 nitrogen and oxygen atoms in total. The molecule has 0 amide bonds. The molecule has 3 heterocycles. The summed E-state index contributed by atoms with van der Waals surface area (Å²) in [5.41, 5.74) is 9.89. The van der Waals surface area contributed by atoms with Gasteiger partial charge < -0.3 is 9.13 Å². The van der Waals surface area contributed by atoms with E-state index in [1.807, 2.05) is 0 Å². The molecule has 0 radical (unpaired) electrons. The summed E-state index contributed by atoms with van der Waals surface area (Å²) in [5, 5.41) is 10.8. The Balaban J connectivity index is 1.20. The summed E-state index contributed by atoms with van der Waals surface area (Å²) in [4.78, 5) is 0. The monoisotopic (exact) mass is 664 g/mol. The van der Waals surface area contributed by atoms with E-state index in [2.05, 4.69) is 203 Å². The van der Waals surface area contributed by atoms with E-state index < -0.39 is 8.07 Å². The third kappa shape index (κ3) is 3.87. The fraction of sp³-hybridized carbons (Fsp3) is 0. The van der Waals surface area contributed by atoms with Crippen molar-refractivity contribution in [2.24, 2.45) is 0 Å². The first-order valence-corrected chi connectivity index (χ1v) is 19.7. The summed E-state index contributed by atoms with van der Waals surface area (Å²) in [6, 6.07) is 72.3. The molecule has 0 atom stereocenters. The first-order chi connectivity index (χ1) is 25.3. The third-order valence-electron chi connectivity index (χ3n) is 11.2. The molecule has 3 heteroatoms. The van der Waals surface area contributed by atoms with Crippen molar-refractivity contribution in [1.82, 2.24) is 9.13 Å². The summed E-state index contributed by atoms with van der Waals surface area (Å²) in [6.45, 7) is 0. The van der Waals surface area contributed by atoms with Gasteiger partial charge in [-0.25, -0.2) is 0 Å². The maximum atomic E-state index is 2.48. The minimum atomic E-state index is -2.55. The molecule has 51 heavy (non-hydrogen) atoms. The van der Waals surface area contributed by atoms with Crippen molar-refractivity contribution in [3.05, 3.63) is 194 Å². The van der Waals surface area contributed by atoms with E-state index >= 15 is 0 Å². The molecular formula is C48H32N2Si. The second-order valence-corrected chi connectivity index (χ2v) is 17.4. The van der Waals surface area contributed by atoms with Crippen LogP contribution in [0.25, 0.3) is 66.1 Å². The fourth-order valence-corrected chi connectivity index (χ4v) is 14.3. The maximum Gasteiger partial charge on any atom is 0.180 e. The van der Waals surface area contributed by atoms with Crippen molar-refractivity contribution >= 4 is 72.4 Å². The van der Waals surface area contributed by atoms with Gasteiger partial charge in [0.1, 0.15) is 0 Å². The van der Waals surface area contributed by atoms with Crippen molar-refractivity contribution in [2.45, 2.75) is 0 Å². The molecule has 0 N–H and O–H groups in total. The lowest BCUT2D eigenvalue weighted by atomic mass is 10.1. The minimum absolute atomic E-state index is 1.16. The molecule has 238 valence electrons. The van der Waals surface area contributed by atoms with Gasteiger partial charge in [0.05, 0.1) is 22.1 Å². The van der Waals surface area contributed by atoms with Crippen molar-refractivity contribution in [3.8, 4) is 22.5 Å². The predicted octanol–water partition coefficient (Wildman–Crippen LogP) is 9.24. The second-order valence-electron chi connectivity index (χ2n) is 13.7. The molecule has 0 fully saturated rings. The van der Waals surface area contributed by atoms with Gasteiger partial charge in [-0.05, 0) is 74.3 Å². The summed E-state index contributed by atoms with van der Waals surface area (Å²) >= 11 is 0. The van der Waals surface area contributed by atoms with Crippen LogP contribution in [0.3, 0.4) is 0 Å². The Morgan fingerprint density at radius 1 is 0.294 bits per heavy atom. The Morgan fingerprint density at radius 3 is 1.33 bits per heavy atom. The zero-order chi connectivity index (χ0) is 33.5. The fourth-order valence-electron chi connectivity index (χ4n) is 9.15. The lowest BCUT2D eigenvalue weighted by Crippen LogP contribution is -2.72. The molecule has 0 saturated heterocycles. The highest BCUT2D eigenvalue weighted by molar-refractivity contribution is 7.22. The largest absolute Gasteiger partial charge is 0.309 e. The number of rotatable bonds is 4. The molecule has 0 aliphatic carbocycles. The van der Waals surface area contributed by atoms with Crippen LogP contribution in [-0.2, 0) is 0 Å². The lowest BCUT2D eigenvalue weighted by Gasteiger charge is -2.31. The average molecular weight is 665 g/mol. The van der Waals surface area contributed by atoms with Crippen molar-refractivity contribution in [3.63, 3.8) is 0 Å². The van der Waals surface area contributed by atoms with Crippen LogP contribution in [0, 0.1) is 0 Å². The number of aromatic nitrogens is 2. The minimum Gasteiger partial charge on any atom is -0.309 e. The molecule has 0 bridgehead atoms. The Labute approximate surface area is 297 Å². The lowest BCUT2D eigenvalue weighted by molar-refractivity contribution is 1.16. The number of hydrogen-bond donors (Lipinski definition) is 0. The number of para-hydroxylation sites is 3. The zero-order valence-electron chi connectivity index (χ0n) is 27.9. The van der Waals surface area contributed by atoms with Gasteiger partial charge in [0.25, 0.3) is 0 Å². The average Bonchev–Trinajstić information content (AvgIpc) is 3.82. The van der Waals surface area contributed by atoms with Crippen LogP contribution in [0.2, 0.25) is 0 Å². The van der Waals surface area contributed by atoms with Crippen LogP contribution in [0.5, 0.6) is 0 Å². The van der Waals surface area contributed by atoms with Crippen molar-refractivity contribution in [1.29, 1.82) is 0 Å². The van der Waals surface area contributed by atoms with Crippen molar-refractivity contribution < 1.29 is 0 Å². The van der Waals surface area contributed by atoms with Gasteiger partial charge in [-0.1, -0.05) is 152 Å². The van der Waals surface area contributed by atoms with Gasteiger partial charge in [0, 0.05) is 32.9 Å². The Kier molecular flexibility index (Phi) is 6.01. The van der Waals surface area contributed by atoms with Crippen LogP contribution in [0.1, 0.15) is 0 Å². The van der Waals surface area contributed by atoms with Crippen LogP contribution < -0.4 is 20.7 Å². The smallest absolute Gasteiger partial charge is 0.180 e. The molecule has 11 rings (SSSR count). The Hall–Kier alpha value is -6.42. The molecule has 10 aromatic rings. The van der Waals surface area contributed by atoms with Crippen LogP contribution in [0.15, 0.2) is 194 Å². The molecule has 0 saturated carbocycles. The highest BCUT2D eigenvalue weighted by Crippen LogP contribution is 2.38. The van der Waals surface area contributed by atoms with Gasteiger partial charge >= 0.3 is 0 Å². The van der Waals surface area contributed by atoms with Crippen LogP contribution >= 0.6 is 0 Å². The van der Waals surface area contributed by atoms with Gasteiger partial charge in [-0.2, -0.15) is 0 Å². The number of hydrogen-bond acceptors (Lipinski definition) is 0. The quantitative estimate of drug-likeness (QED) is 0.166. The summed E-state index contributed by atoms with van der Waals surface area (Å²) < 4.78 is 4.91. The van der Waals surface area contributed by atoms with E-state index in [9.17, 15) is 0 Å². The highest BCUT2D eigenvalue weighted by atomic mass is 28.3. The van der Waals surface area contributed by atoms with E-state index in [0.717, 1.165) is 5.69 Å². The number of benzene rings is 8. The Morgan fingerprint density at radius 2 is 0.725 bits per heavy atom. The highest BCUT2D eigenvalue weighted by Gasteiger charge is 2.48. The normalized spacial score (nSPS) is 13.3. The molecule has 2 aromatic heterocycles. The predicted molar refractivity (Wildman–Crippen MR) is 218 cm³/mol. The number of fused-ring (bicyclic) bond motifs is 9. The Bertz CT molecular complexity index is 2880. The van der Waals surface area contributed by atoms with E-state index in [4.69, 9.17) is 0 Å². The molecule has 8 aromatic carbocycles. The van der Waals surface area contributed by atoms with Crippen LogP contribution in [0.4, 0.5) is 0 Å². The SMILES string of the molecule is c1ccc([Si]2(c3ccccc3)c3ccccc3-c3cc(-n4c5ccccc5c5ccc(-n6c7ccccc7c7ccccc76)cc54)ccc32)cc1. The van der Waals surface area contributed by atoms with E-state index in [-0.39, 0.29) is 0 Å². The maximum absolute atomic E-state index is 2.55. The molecule has 1 aliphatic heterocycles. The molecule has 1 aliphatic rings. The first-order valence-electron chi connectivity index (χ1n) is 17.7. The first kappa shape index (κ1) is 28.4. The molecule has 0 spiro atoms. The van der Waals surface area contributed by atoms with E-state index in [1.54, 1.807) is 0 Å². The van der Waals surface area contributed by atoms with Gasteiger partial charge in [-0.15, -0.1) is 0 Å². The van der Waals surface area contributed by atoms with Crippen molar-refractivity contribution in [2.75, 3.05) is 0 Å². The number of nitrogens with zero attached hydrogens (tertiary/aromatic N) is 2. The third-order valence-corrected chi connectivity index (χ3v) is 16.1. The summed E-state index contributed by atoms with van der Waals surface area (Å²) in [7, 11) is -2.55. The van der Waals surface area contributed by atoms with Gasteiger partial charge in [0.2, 0.25) is 0 Å². The standard InChI is InChI=1S/C48H32N2Si/c1-3-15-35(16-4-1)51(36-17-5-2-6-18-36)47-26-14-10-22-41(47)42-31-33(28-30-48(42)51)50-45-25-13-9-21-39(45)40-29-27-34(32-46(40)50)49-43-23-11-7-19-37(43)38-20-8-12-24-44(38)49/h1-32H. The molecule has 0 unspecified atom stereocenters. The van der Waals surface area contributed by atoms with Gasteiger partial charge in [-0.3, -0.25) is 0 Å². The summed E-state index contributed by atoms with van der Waals surface area (Å²) in [5.74, 6) is 0.